The number of amides is 1. The molecule has 0 aromatic carbocycles. The minimum atomic E-state index is -5.11. The molecule has 1 heterocycles. The van der Waals surface area contributed by atoms with Crippen LogP contribution in [0.4, 0.5) is 0 Å². The van der Waals surface area contributed by atoms with E-state index in [0.717, 1.165) is 51.4 Å². The van der Waals surface area contributed by atoms with E-state index in [9.17, 15) is 38.7 Å². The standard InChI is InChI=1S/C38H71NO12S/c1-3-5-7-9-11-13-15-16-17-19-20-22-24-26-31(41)30(39-37(45)32(42)27-25-23-21-18-14-12-10-8-6-4-2)29-49-38-35(44)36(51-52(46,47)48)34(43)33(28-40)50-38/h10,12,24,26,30-36,38,40-44H,3-9,11,13-23,25,27-29H2,1-2H3,(H,39,45)(H,46,47,48)/b12-10-,26-24+. The SMILES string of the molecule is CCCC/C=C\CCCCCCC(O)C(=O)NC(COC1OC(CO)C(O)C(OS(=O)(=O)O)C1O)C(O)/C=C/CCCCCCCCCCCCC. The van der Waals surface area contributed by atoms with Gasteiger partial charge in [0.1, 0.15) is 30.5 Å². The first-order chi connectivity index (χ1) is 24.9. The predicted octanol–water partition coefficient (Wildman–Crippen LogP) is 5.18. The zero-order valence-corrected chi connectivity index (χ0v) is 32.5. The normalized spacial score (nSPS) is 23.0. The minimum Gasteiger partial charge on any atom is -0.394 e. The fraction of sp³-hybridized carbons (Fsp3) is 0.868. The number of ether oxygens (including phenoxy) is 2. The maximum atomic E-state index is 13.0. The summed E-state index contributed by atoms with van der Waals surface area (Å²) in [5.74, 6) is -0.716. The van der Waals surface area contributed by atoms with E-state index in [1.807, 2.05) is 6.08 Å². The number of aliphatic hydroxyl groups excluding tert-OH is 5. The zero-order chi connectivity index (χ0) is 38.6. The molecular weight excluding hydrogens is 694 g/mol. The number of aliphatic hydroxyl groups is 5. The highest BCUT2D eigenvalue weighted by molar-refractivity contribution is 7.80. The molecule has 0 saturated carbocycles. The number of carbonyl (C=O) groups is 1. The molecule has 0 aromatic rings. The van der Waals surface area contributed by atoms with Crippen molar-refractivity contribution in [1.29, 1.82) is 0 Å². The summed E-state index contributed by atoms with van der Waals surface area (Å²) in [5.41, 5.74) is 0. The van der Waals surface area contributed by atoms with Gasteiger partial charge in [0.2, 0.25) is 5.91 Å². The molecule has 13 nitrogen and oxygen atoms in total. The second-order valence-electron chi connectivity index (χ2n) is 14.0. The average Bonchev–Trinajstić information content (AvgIpc) is 3.11. The summed E-state index contributed by atoms with van der Waals surface area (Å²) in [5, 5.41) is 54.8. The second kappa shape index (κ2) is 29.8. The highest BCUT2D eigenvalue weighted by Crippen LogP contribution is 2.26. The molecule has 1 aliphatic rings. The van der Waals surface area contributed by atoms with Crippen LogP contribution in [0.1, 0.15) is 149 Å². The Hall–Kier alpha value is -1.46. The maximum absolute atomic E-state index is 13.0. The van der Waals surface area contributed by atoms with Gasteiger partial charge in [-0.1, -0.05) is 134 Å². The molecule has 8 unspecified atom stereocenters. The van der Waals surface area contributed by atoms with Gasteiger partial charge in [0.25, 0.3) is 0 Å². The van der Waals surface area contributed by atoms with Crippen LogP contribution in [0.15, 0.2) is 24.3 Å². The molecule has 7 N–H and O–H groups in total. The minimum absolute atomic E-state index is 0.228. The molecule has 0 aliphatic carbocycles. The lowest BCUT2D eigenvalue weighted by Gasteiger charge is -2.41. The quantitative estimate of drug-likeness (QED) is 0.0268. The van der Waals surface area contributed by atoms with E-state index in [4.69, 9.17) is 14.0 Å². The van der Waals surface area contributed by atoms with Gasteiger partial charge in [0, 0.05) is 0 Å². The molecule has 0 aromatic heterocycles. The van der Waals surface area contributed by atoms with Crippen LogP contribution in [-0.4, -0.2) is 107 Å². The first kappa shape index (κ1) is 48.6. The van der Waals surface area contributed by atoms with Crippen LogP contribution in [-0.2, 0) is 28.9 Å². The van der Waals surface area contributed by atoms with Gasteiger partial charge in [0.15, 0.2) is 6.29 Å². The Morgan fingerprint density at radius 2 is 1.29 bits per heavy atom. The van der Waals surface area contributed by atoms with Crippen molar-refractivity contribution in [1.82, 2.24) is 5.32 Å². The lowest BCUT2D eigenvalue weighted by atomic mass is 9.99. The van der Waals surface area contributed by atoms with Crippen molar-refractivity contribution in [2.24, 2.45) is 0 Å². The summed E-state index contributed by atoms with van der Waals surface area (Å²) in [6, 6.07) is -1.12. The van der Waals surface area contributed by atoms with E-state index in [1.165, 1.54) is 70.3 Å². The van der Waals surface area contributed by atoms with Gasteiger partial charge >= 0.3 is 10.4 Å². The molecule has 8 atom stereocenters. The summed E-state index contributed by atoms with van der Waals surface area (Å²) in [7, 11) is -5.11. The van der Waals surface area contributed by atoms with E-state index >= 15 is 0 Å². The predicted molar refractivity (Wildman–Crippen MR) is 201 cm³/mol. The largest absolute Gasteiger partial charge is 0.397 e. The van der Waals surface area contributed by atoms with E-state index in [2.05, 4.69) is 35.5 Å². The molecule has 1 fully saturated rings. The molecule has 1 amide bonds. The van der Waals surface area contributed by atoms with Crippen molar-refractivity contribution in [3.05, 3.63) is 24.3 Å². The third-order valence-electron chi connectivity index (χ3n) is 9.33. The molecular formula is C38H71NO12S. The Bertz CT molecular complexity index is 1060. The highest BCUT2D eigenvalue weighted by Gasteiger charge is 2.48. The van der Waals surface area contributed by atoms with Gasteiger partial charge < -0.3 is 40.3 Å². The van der Waals surface area contributed by atoms with Crippen LogP contribution in [0.5, 0.6) is 0 Å². The molecule has 0 radical (unpaired) electrons. The van der Waals surface area contributed by atoms with Crippen LogP contribution in [0.3, 0.4) is 0 Å². The fourth-order valence-corrected chi connectivity index (χ4v) is 6.59. The smallest absolute Gasteiger partial charge is 0.394 e. The number of allylic oxidation sites excluding steroid dienone is 3. The third kappa shape index (κ3) is 22.7. The summed E-state index contributed by atoms with van der Waals surface area (Å²) in [6.07, 6.45) is 18.5. The second-order valence-corrected chi connectivity index (χ2v) is 15.1. The summed E-state index contributed by atoms with van der Waals surface area (Å²) < 4.78 is 47.2. The van der Waals surface area contributed by atoms with Crippen LogP contribution >= 0.6 is 0 Å². The number of rotatable bonds is 32. The molecule has 14 heteroatoms. The van der Waals surface area contributed by atoms with Crippen molar-refractivity contribution in [3.63, 3.8) is 0 Å². The van der Waals surface area contributed by atoms with Gasteiger partial charge in [-0.05, 0) is 38.5 Å². The first-order valence-corrected chi connectivity index (χ1v) is 21.2. The van der Waals surface area contributed by atoms with Crippen molar-refractivity contribution in [2.75, 3.05) is 13.2 Å². The van der Waals surface area contributed by atoms with Crippen molar-refractivity contribution < 1.29 is 57.0 Å². The van der Waals surface area contributed by atoms with Crippen LogP contribution < -0.4 is 5.32 Å². The first-order valence-electron chi connectivity index (χ1n) is 19.8. The molecule has 1 aliphatic heterocycles. The molecule has 0 bridgehead atoms. The third-order valence-corrected chi connectivity index (χ3v) is 9.80. The number of carbonyl (C=O) groups excluding carboxylic acids is 1. The van der Waals surface area contributed by atoms with Crippen molar-refractivity contribution in [3.8, 4) is 0 Å². The van der Waals surface area contributed by atoms with Gasteiger partial charge in [-0.3, -0.25) is 9.35 Å². The molecule has 306 valence electrons. The van der Waals surface area contributed by atoms with Crippen LogP contribution in [0, 0.1) is 0 Å². The van der Waals surface area contributed by atoms with Gasteiger partial charge in [0.05, 0.1) is 25.4 Å². The van der Waals surface area contributed by atoms with Gasteiger partial charge in [-0.25, -0.2) is 4.18 Å². The van der Waals surface area contributed by atoms with Crippen molar-refractivity contribution >= 4 is 16.3 Å². The number of hydrogen-bond acceptors (Lipinski definition) is 11. The highest BCUT2D eigenvalue weighted by atomic mass is 32.3. The Kier molecular flexibility index (Phi) is 27.9. The summed E-state index contributed by atoms with van der Waals surface area (Å²) in [4.78, 5) is 13.0. The number of nitrogens with one attached hydrogen (secondary N) is 1. The molecule has 0 spiro atoms. The molecule has 52 heavy (non-hydrogen) atoms. The van der Waals surface area contributed by atoms with Crippen molar-refractivity contribution in [2.45, 2.75) is 198 Å². The van der Waals surface area contributed by atoms with Crippen LogP contribution in [0.25, 0.3) is 0 Å². The summed E-state index contributed by atoms with van der Waals surface area (Å²) in [6.45, 7) is 3.11. The van der Waals surface area contributed by atoms with E-state index in [0.29, 0.717) is 12.8 Å². The molecule has 1 rings (SSSR count). The summed E-state index contributed by atoms with van der Waals surface area (Å²) >= 11 is 0. The lowest BCUT2D eigenvalue weighted by Crippen LogP contribution is -2.61. The number of unbranched alkanes of at least 4 members (excludes halogenated alkanes) is 17. The van der Waals surface area contributed by atoms with Gasteiger partial charge in [-0.15, -0.1) is 0 Å². The van der Waals surface area contributed by atoms with E-state index in [-0.39, 0.29) is 6.42 Å². The fourth-order valence-electron chi connectivity index (χ4n) is 6.09. The Morgan fingerprint density at radius 3 is 1.85 bits per heavy atom. The average molecular weight is 766 g/mol. The Labute approximate surface area is 313 Å². The number of hydrogen-bond donors (Lipinski definition) is 7. The maximum Gasteiger partial charge on any atom is 0.397 e. The Morgan fingerprint density at radius 1 is 0.769 bits per heavy atom. The Balaban J connectivity index is 2.72. The monoisotopic (exact) mass is 765 g/mol. The van der Waals surface area contributed by atoms with E-state index in [1.54, 1.807) is 0 Å². The van der Waals surface area contributed by atoms with Crippen LogP contribution in [0.2, 0.25) is 0 Å². The topological polar surface area (TPSA) is 212 Å². The van der Waals surface area contributed by atoms with Gasteiger partial charge in [-0.2, -0.15) is 8.42 Å². The van der Waals surface area contributed by atoms with E-state index < -0.39 is 78.5 Å². The zero-order valence-electron chi connectivity index (χ0n) is 31.7. The lowest BCUT2D eigenvalue weighted by molar-refractivity contribution is -0.298. The molecule has 1 saturated heterocycles.